The van der Waals surface area contributed by atoms with E-state index in [4.69, 9.17) is 0 Å². The number of aromatic nitrogens is 3. The normalized spacial score (nSPS) is 14.8. The molecule has 1 aromatic carbocycles. The van der Waals surface area contributed by atoms with Crippen LogP contribution in [0.2, 0.25) is 0 Å². The topological polar surface area (TPSA) is 71.8 Å². The quantitative estimate of drug-likeness (QED) is 0.862. The van der Waals surface area contributed by atoms with Crippen LogP contribution in [0.1, 0.15) is 29.3 Å². The van der Waals surface area contributed by atoms with E-state index in [-0.39, 0.29) is 5.91 Å². The number of anilines is 1. The van der Waals surface area contributed by atoms with Crippen LogP contribution in [-0.2, 0) is 13.1 Å². The first-order valence-electron chi connectivity index (χ1n) is 6.73. The molecule has 1 amide bonds. The maximum atomic E-state index is 11.6. The van der Waals surface area contributed by atoms with Crippen molar-refractivity contribution in [3.63, 3.8) is 0 Å². The second kappa shape index (κ2) is 5.32. The van der Waals surface area contributed by atoms with Gasteiger partial charge in [-0.3, -0.25) is 9.48 Å². The Morgan fingerprint density at radius 2 is 2.40 bits per heavy atom. The molecule has 1 aromatic heterocycles. The second-order valence-corrected chi connectivity index (χ2v) is 5.01. The molecule has 1 aliphatic rings. The summed E-state index contributed by atoms with van der Waals surface area (Å²) in [5.41, 5.74) is 2.87. The van der Waals surface area contributed by atoms with E-state index < -0.39 is 0 Å². The van der Waals surface area contributed by atoms with Gasteiger partial charge in [-0.1, -0.05) is 6.07 Å². The number of hydrogen-bond donors (Lipinski definition) is 2. The Balaban J connectivity index is 1.64. The molecule has 3 rings (SSSR count). The highest BCUT2D eigenvalue weighted by Gasteiger charge is 2.21. The van der Waals surface area contributed by atoms with E-state index in [0.29, 0.717) is 12.6 Å². The van der Waals surface area contributed by atoms with Gasteiger partial charge in [-0.25, -0.2) is 4.98 Å². The molecule has 2 heterocycles. The van der Waals surface area contributed by atoms with E-state index in [0.717, 1.165) is 29.8 Å². The lowest BCUT2D eigenvalue weighted by molar-refractivity contribution is 0.0966. The van der Waals surface area contributed by atoms with Crippen LogP contribution < -0.4 is 10.6 Å². The summed E-state index contributed by atoms with van der Waals surface area (Å²) >= 11 is 0. The Morgan fingerprint density at radius 3 is 3.20 bits per heavy atom. The van der Waals surface area contributed by atoms with Gasteiger partial charge in [0.25, 0.3) is 5.91 Å². The van der Waals surface area contributed by atoms with Crippen LogP contribution in [0.4, 0.5) is 5.69 Å². The van der Waals surface area contributed by atoms with E-state index in [2.05, 4.69) is 27.6 Å². The molecule has 0 radical (unpaired) electrons. The van der Waals surface area contributed by atoms with Crippen molar-refractivity contribution in [2.24, 2.45) is 0 Å². The summed E-state index contributed by atoms with van der Waals surface area (Å²) in [6, 6.07) is 6.09. The van der Waals surface area contributed by atoms with Crippen LogP contribution in [-0.4, -0.2) is 26.7 Å². The maximum Gasteiger partial charge on any atom is 0.251 e. The lowest BCUT2D eigenvalue weighted by Crippen LogP contribution is -2.19. The Morgan fingerprint density at radius 1 is 1.50 bits per heavy atom. The maximum absolute atomic E-state index is 11.6. The van der Waals surface area contributed by atoms with Crippen molar-refractivity contribution in [1.29, 1.82) is 0 Å². The number of amides is 1. The van der Waals surface area contributed by atoms with Crippen LogP contribution in [0, 0.1) is 0 Å². The first-order valence-corrected chi connectivity index (χ1v) is 6.73. The zero-order chi connectivity index (χ0) is 13.9. The third-order valence-electron chi connectivity index (χ3n) is 3.51. The summed E-state index contributed by atoms with van der Waals surface area (Å²) < 4.78 is 1.82. The number of hydrogen-bond acceptors (Lipinski definition) is 4. The third-order valence-corrected chi connectivity index (χ3v) is 3.51. The number of carbonyl (C=O) groups is 1. The zero-order valence-electron chi connectivity index (χ0n) is 11.3. The molecule has 1 atom stereocenters. The van der Waals surface area contributed by atoms with E-state index >= 15 is 0 Å². The van der Waals surface area contributed by atoms with Crippen molar-refractivity contribution in [3.05, 3.63) is 42.0 Å². The molecule has 20 heavy (non-hydrogen) atoms. The number of benzene rings is 1. The van der Waals surface area contributed by atoms with Gasteiger partial charge in [0.1, 0.15) is 12.7 Å². The first-order chi connectivity index (χ1) is 9.74. The van der Waals surface area contributed by atoms with Gasteiger partial charge in [-0.15, -0.1) is 0 Å². The Labute approximate surface area is 117 Å². The molecule has 2 aromatic rings. The fourth-order valence-electron chi connectivity index (χ4n) is 2.40. The van der Waals surface area contributed by atoms with E-state index in [1.165, 1.54) is 0 Å². The minimum Gasteiger partial charge on any atom is -0.382 e. The lowest BCUT2D eigenvalue weighted by Gasteiger charge is -2.17. The molecule has 0 spiro atoms. The molecular weight excluding hydrogens is 254 g/mol. The Kier molecular flexibility index (Phi) is 3.37. The lowest BCUT2D eigenvalue weighted by atomic mass is 10.1. The SMILES string of the molecule is CC(CCn1cncn1)Nc1cccc2c1CNC2=O. The summed E-state index contributed by atoms with van der Waals surface area (Å²) in [5, 5.41) is 10.4. The Hall–Kier alpha value is -2.37. The third kappa shape index (κ3) is 2.49. The smallest absolute Gasteiger partial charge is 0.251 e. The highest BCUT2D eigenvalue weighted by molar-refractivity contribution is 6.00. The van der Waals surface area contributed by atoms with Crippen molar-refractivity contribution in [3.8, 4) is 0 Å². The number of nitrogens with one attached hydrogen (secondary N) is 2. The Bertz CT molecular complexity index is 608. The molecule has 6 nitrogen and oxygen atoms in total. The van der Waals surface area contributed by atoms with Crippen LogP contribution in [0.15, 0.2) is 30.9 Å². The van der Waals surface area contributed by atoms with Gasteiger partial charge in [0, 0.05) is 35.9 Å². The largest absolute Gasteiger partial charge is 0.382 e. The fraction of sp³-hybridized carbons (Fsp3) is 0.357. The number of fused-ring (bicyclic) bond motifs is 1. The van der Waals surface area contributed by atoms with Gasteiger partial charge >= 0.3 is 0 Å². The molecule has 2 N–H and O–H groups in total. The second-order valence-electron chi connectivity index (χ2n) is 5.01. The zero-order valence-corrected chi connectivity index (χ0v) is 11.3. The van der Waals surface area contributed by atoms with Crippen molar-refractivity contribution in [2.45, 2.75) is 32.5 Å². The molecule has 0 saturated heterocycles. The summed E-state index contributed by atoms with van der Waals surface area (Å²) in [6.45, 7) is 3.55. The monoisotopic (exact) mass is 271 g/mol. The molecule has 0 aliphatic carbocycles. The summed E-state index contributed by atoms with van der Waals surface area (Å²) in [6.07, 6.45) is 4.20. The predicted molar refractivity (Wildman–Crippen MR) is 75.3 cm³/mol. The average molecular weight is 271 g/mol. The molecule has 104 valence electrons. The summed E-state index contributed by atoms with van der Waals surface area (Å²) in [4.78, 5) is 15.6. The number of carbonyl (C=O) groups excluding carboxylic acids is 1. The molecular formula is C14H17N5O. The molecule has 1 aliphatic heterocycles. The van der Waals surface area contributed by atoms with Gasteiger partial charge in [0.15, 0.2) is 0 Å². The molecule has 6 heteroatoms. The first kappa shape index (κ1) is 12.7. The number of rotatable bonds is 5. The van der Waals surface area contributed by atoms with Crippen LogP contribution in [0.3, 0.4) is 0 Å². The van der Waals surface area contributed by atoms with Gasteiger partial charge in [-0.05, 0) is 25.5 Å². The van der Waals surface area contributed by atoms with Crippen LogP contribution in [0.5, 0.6) is 0 Å². The van der Waals surface area contributed by atoms with Crippen molar-refractivity contribution >= 4 is 11.6 Å². The highest BCUT2D eigenvalue weighted by Crippen LogP contribution is 2.25. The molecule has 0 saturated carbocycles. The minimum atomic E-state index is 0.0129. The van der Waals surface area contributed by atoms with Gasteiger partial charge in [-0.2, -0.15) is 5.10 Å². The van der Waals surface area contributed by atoms with E-state index in [1.807, 2.05) is 22.9 Å². The standard InChI is InChI=1S/C14H17N5O/c1-10(5-6-19-9-15-8-17-19)18-13-4-2-3-11-12(13)7-16-14(11)20/h2-4,8-10,18H,5-7H2,1H3,(H,16,20). The van der Waals surface area contributed by atoms with Gasteiger partial charge in [0.2, 0.25) is 0 Å². The van der Waals surface area contributed by atoms with Crippen molar-refractivity contribution < 1.29 is 4.79 Å². The fourth-order valence-corrected chi connectivity index (χ4v) is 2.40. The van der Waals surface area contributed by atoms with Crippen molar-refractivity contribution in [2.75, 3.05) is 5.32 Å². The van der Waals surface area contributed by atoms with Crippen molar-refractivity contribution in [1.82, 2.24) is 20.1 Å². The summed E-state index contributed by atoms with van der Waals surface area (Å²) in [5.74, 6) is 0.0129. The van der Waals surface area contributed by atoms with Gasteiger partial charge in [0.05, 0.1) is 0 Å². The highest BCUT2D eigenvalue weighted by atomic mass is 16.1. The van der Waals surface area contributed by atoms with Gasteiger partial charge < -0.3 is 10.6 Å². The predicted octanol–water partition coefficient (Wildman–Crippen LogP) is 1.41. The van der Waals surface area contributed by atoms with Crippen LogP contribution in [0.25, 0.3) is 0 Å². The average Bonchev–Trinajstić information content (AvgIpc) is 3.08. The molecule has 0 bridgehead atoms. The number of aryl methyl sites for hydroxylation is 1. The van der Waals surface area contributed by atoms with Crippen LogP contribution >= 0.6 is 0 Å². The molecule has 0 fully saturated rings. The van der Waals surface area contributed by atoms with E-state index in [9.17, 15) is 4.79 Å². The summed E-state index contributed by atoms with van der Waals surface area (Å²) in [7, 11) is 0. The van der Waals surface area contributed by atoms with E-state index in [1.54, 1.807) is 12.7 Å². The minimum absolute atomic E-state index is 0.0129. The number of nitrogens with zero attached hydrogens (tertiary/aromatic N) is 3. The molecule has 1 unspecified atom stereocenters.